The second kappa shape index (κ2) is 9.36. The topological polar surface area (TPSA) is 103 Å². The number of carbonyl (C=O) groups is 1. The molecule has 1 aliphatic rings. The molecule has 1 atom stereocenters. The summed E-state index contributed by atoms with van der Waals surface area (Å²) in [6.07, 6.45) is 0. The molecular weight excluding hydrogens is 408 g/mol. The van der Waals surface area contributed by atoms with Gasteiger partial charge in [-0.3, -0.25) is 4.79 Å². The van der Waals surface area contributed by atoms with Crippen LogP contribution in [-0.4, -0.2) is 40.7 Å². The van der Waals surface area contributed by atoms with Crippen LogP contribution < -0.4 is 24.2 Å². The van der Waals surface area contributed by atoms with Crippen LogP contribution in [0.15, 0.2) is 47.4 Å². The molecule has 3 rings (SSSR count). The first kappa shape index (κ1) is 21.9. The van der Waals surface area contributed by atoms with Crippen molar-refractivity contribution in [1.82, 2.24) is 10.0 Å². The molecule has 0 aliphatic carbocycles. The lowest BCUT2D eigenvalue weighted by molar-refractivity contribution is -0.123. The second-order valence-corrected chi connectivity index (χ2v) is 8.93. The van der Waals surface area contributed by atoms with E-state index in [9.17, 15) is 13.2 Å². The van der Waals surface area contributed by atoms with Crippen LogP contribution in [0.3, 0.4) is 0 Å². The highest BCUT2D eigenvalue weighted by molar-refractivity contribution is 7.89. The minimum absolute atomic E-state index is 0.0635. The minimum atomic E-state index is -3.87. The number of hydrogen-bond donors (Lipinski definition) is 2. The number of ether oxygens (including phenoxy) is 3. The zero-order chi connectivity index (χ0) is 21.7. The molecule has 0 bridgehead atoms. The number of rotatable bonds is 8. The van der Waals surface area contributed by atoms with E-state index in [4.69, 9.17) is 14.2 Å². The highest BCUT2D eigenvalue weighted by Gasteiger charge is 2.28. The maximum absolute atomic E-state index is 12.7. The fourth-order valence-corrected chi connectivity index (χ4v) is 4.32. The third-order valence-electron chi connectivity index (χ3n) is 4.67. The molecule has 0 aromatic heterocycles. The van der Waals surface area contributed by atoms with E-state index >= 15 is 0 Å². The molecule has 0 radical (unpaired) electrons. The molecule has 0 saturated carbocycles. The summed E-state index contributed by atoms with van der Waals surface area (Å²) >= 11 is 0. The van der Waals surface area contributed by atoms with Crippen LogP contribution in [0, 0.1) is 5.92 Å². The predicted molar refractivity (Wildman–Crippen MR) is 111 cm³/mol. The Morgan fingerprint density at radius 1 is 1.07 bits per heavy atom. The van der Waals surface area contributed by atoms with Crippen LogP contribution in [0.25, 0.3) is 0 Å². The molecule has 1 amide bonds. The van der Waals surface area contributed by atoms with Crippen molar-refractivity contribution in [2.75, 3.05) is 20.3 Å². The van der Waals surface area contributed by atoms with Gasteiger partial charge >= 0.3 is 0 Å². The molecule has 8 nitrogen and oxygen atoms in total. The van der Waals surface area contributed by atoms with Gasteiger partial charge in [-0.2, -0.15) is 4.72 Å². The van der Waals surface area contributed by atoms with Gasteiger partial charge in [0.2, 0.25) is 15.9 Å². The van der Waals surface area contributed by atoms with Crippen molar-refractivity contribution < 1.29 is 27.4 Å². The summed E-state index contributed by atoms with van der Waals surface area (Å²) in [5.41, 5.74) is 0.827. The van der Waals surface area contributed by atoms with Gasteiger partial charge in [-0.15, -0.1) is 0 Å². The van der Waals surface area contributed by atoms with Gasteiger partial charge in [0.15, 0.2) is 11.5 Å². The molecule has 0 spiro atoms. The Balaban J connectivity index is 1.67. The Labute approximate surface area is 176 Å². The Kier molecular flexibility index (Phi) is 6.84. The molecule has 2 N–H and O–H groups in total. The molecule has 2 aromatic carbocycles. The van der Waals surface area contributed by atoms with Gasteiger partial charge in [0.25, 0.3) is 0 Å². The van der Waals surface area contributed by atoms with Crippen LogP contribution in [0.4, 0.5) is 0 Å². The number of fused-ring (bicyclic) bond motifs is 1. The van der Waals surface area contributed by atoms with Crippen LogP contribution in [-0.2, 0) is 21.4 Å². The standard InChI is InChI=1S/C21H26N2O6S/c1-14(2)20(23-30(25,26)17-7-5-16(27-3)6-8-17)21(24)22-13-15-4-9-18-19(12-15)29-11-10-28-18/h4-9,12,14,20,23H,10-11,13H2,1-3H3,(H,22,24)/t20-/m0/s1. The molecular formula is C21H26N2O6S. The van der Waals surface area contributed by atoms with E-state index in [0.29, 0.717) is 30.5 Å². The number of carbonyl (C=O) groups excluding carboxylic acids is 1. The van der Waals surface area contributed by atoms with Crippen molar-refractivity contribution in [3.05, 3.63) is 48.0 Å². The zero-order valence-corrected chi connectivity index (χ0v) is 18.0. The lowest BCUT2D eigenvalue weighted by atomic mass is 10.0. The lowest BCUT2D eigenvalue weighted by Crippen LogP contribution is -2.49. The predicted octanol–water partition coefficient (Wildman–Crippen LogP) is 2.09. The normalized spacial score (nSPS) is 14.3. The summed E-state index contributed by atoms with van der Waals surface area (Å²) in [5, 5.41) is 2.80. The zero-order valence-electron chi connectivity index (χ0n) is 17.2. The van der Waals surface area contributed by atoms with E-state index < -0.39 is 22.0 Å². The Morgan fingerprint density at radius 2 is 1.73 bits per heavy atom. The molecule has 30 heavy (non-hydrogen) atoms. The summed E-state index contributed by atoms with van der Waals surface area (Å²) in [5.74, 6) is 1.19. The summed E-state index contributed by atoms with van der Waals surface area (Å²) < 4.78 is 44.0. The summed E-state index contributed by atoms with van der Waals surface area (Å²) in [6, 6.07) is 10.5. The molecule has 2 aromatic rings. The first-order valence-electron chi connectivity index (χ1n) is 9.63. The number of sulfonamides is 1. The van der Waals surface area contributed by atoms with Gasteiger partial charge in [0, 0.05) is 6.54 Å². The number of amides is 1. The summed E-state index contributed by atoms with van der Waals surface area (Å²) in [4.78, 5) is 12.8. The second-order valence-electron chi connectivity index (χ2n) is 7.21. The first-order valence-corrected chi connectivity index (χ1v) is 11.1. The fraction of sp³-hybridized carbons (Fsp3) is 0.381. The van der Waals surface area contributed by atoms with Crippen molar-refractivity contribution in [2.45, 2.75) is 31.3 Å². The number of benzene rings is 2. The molecule has 1 heterocycles. The quantitative estimate of drug-likeness (QED) is 0.660. The molecule has 162 valence electrons. The van der Waals surface area contributed by atoms with Gasteiger partial charge in [-0.05, 0) is 47.9 Å². The molecule has 9 heteroatoms. The average molecular weight is 435 g/mol. The highest BCUT2D eigenvalue weighted by Crippen LogP contribution is 2.30. The van der Waals surface area contributed by atoms with Gasteiger partial charge in [0.05, 0.1) is 12.0 Å². The number of nitrogens with one attached hydrogen (secondary N) is 2. The van der Waals surface area contributed by atoms with Crippen LogP contribution in [0.2, 0.25) is 0 Å². The smallest absolute Gasteiger partial charge is 0.241 e. The van der Waals surface area contributed by atoms with Gasteiger partial charge in [-0.25, -0.2) is 8.42 Å². The Bertz CT molecular complexity index is 989. The van der Waals surface area contributed by atoms with Gasteiger partial charge in [0.1, 0.15) is 25.0 Å². The molecule has 1 aliphatic heterocycles. The van der Waals surface area contributed by atoms with E-state index in [1.807, 2.05) is 6.07 Å². The van der Waals surface area contributed by atoms with E-state index in [1.165, 1.54) is 19.2 Å². The summed E-state index contributed by atoms with van der Waals surface area (Å²) in [7, 11) is -2.37. The van der Waals surface area contributed by atoms with Crippen molar-refractivity contribution >= 4 is 15.9 Å². The molecule has 0 saturated heterocycles. The summed E-state index contributed by atoms with van der Waals surface area (Å²) in [6.45, 7) is 4.79. The fourth-order valence-electron chi connectivity index (χ4n) is 2.98. The van der Waals surface area contributed by atoms with Crippen molar-refractivity contribution in [3.63, 3.8) is 0 Å². The van der Waals surface area contributed by atoms with Crippen molar-refractivity contribution in [3.8, 4) is 17.2 Å². The minimum Gasteiger partial charge on any atom is -0.497 e. The van der Waals surface area contributed by atoms with Crippen molar-refractivity contribution in [2.24, 2.45) is 5.92 Å². The lowest BCUT2D eigenvalue weighted by Gasteiger charge is -2.22. The van der Waals surface area contributed by atoms with Crippen LogP contribution in [0.5, 0.6) is 17.2 Å². The number of methoxy groups -OCH3 is 1. The molecule has 0 unspecified atom stereocenters. The SMILES string of the molecule is COc1ccc(S(=O)(=O)N[C@H](C(=O)NCc2ccc3c(c2)OCCO3)C(C)C)cc1. The van der Waals surface area contributed by atoms with E-state index in [0.717, 1.165) is 5.56 Å². The van der Waals surface area contributed by atoms with Crippen LogP contribution >= 0.6 is 0 Å². The third-order valence-corrected chi connectivity index (χ3v) is 6.13. The largest absolute Gasteiger partial charge is 0.497 e. The van der Waals surface area contributed by atoms with Gasteiger partial charge in [-0.1, -0.05) is 19.9 Å². The molecule has 0 fully saturated rings. The van der Waals surface area contributed by atoms with Crippen molar-refractivity contribution in [1.29, 1.82) is 0 Å². The van der Waals surface area contributed by atoms with E-state index in [2.05, 4.69) is 10.0 Å². The van der Waals surface area contributed by atoms with Crippen LogP contribution in [0.1, 0.15) is 19.4 Å². The number of hydrogen-bond acceptors (Lipinski definition) is 6. The Morgan fingerprint density at radius 3 is 2.37 bits per heavy atom. The monoisotopic (exact) mass is 434 g/mol. The van der Waals surface area contributed by atoms with E-state index in [-0.39, 0.29) is 17.4 Å². The third kappa shape index (κ3) is 5.22. The highest BCUT2D eigenvalue weighted by atomic mass is 32.2. The maximum Gasteiger partial charge on any atom is 0.241 e. The van der Waals surface area contributed by atoms with E-state index in [1.54, 1.807) is 38.1 Å². The first-order chi connectivity index (χ1) is 14.3. The maximum atomic E-state index is 12.7. The Hall–Kier alpha value is -2.78. The van der Waals surface area contributed by atoms with Gasteiger partial charge < -0.3 is 19.5 Å². The average Bonchev–Trinajstić information content (AvgIpc) is 2.75.